The van der Waals surface area contributed by atoms with Crippen LogP contribution in [0.15, 0.2) is 24.3 Å². The smallest absolute Gasteiger partial charge is 0.220 e. The number of allylic oxidation sites excluding steroid dienone is 4. The Bertz CT molecular complexity index is 1210. The average Bonchev–Trinajstić information content (AvgIpc) is 3.45. The molecule has 0 fully saturated rings. The van der Waals surface area contributed by atoms with Gasteiger partial charge in [0.2, 0.25) is 11.8 Å². The van der Waals surface area contributed by atoms with Gasteiger partial charge in [-0.15, -0.1) is 0 Å². The van der Waals surface area contributed by atoms with Gasteiger partial charge >= 0.3 is 0 Å². The number of rotatable bonds is 68. The van der Waals surface area contributed by atoms with Crippen molar-refractivity contribution < 1.29 is 9.59 Å². The second-order valence-corrected chi connectivity index (χ2v) is 25.8. The molecule has 80 heavy (non-hydrogen) atoms. The second-order valence-electron chi connectivity index (χ2n) is 25.8. The Hall–Kier alpha value is -1.58. The fourth-order valence-electron chi connectivity index (χ4n) is 12.0. The molecule has 0 aliphatic carbocycles. The summed E-state index contributed by atoms with van der Waals surface area (Å²) in [5.41, 5.74) is 11.4. The lowest BCUT2D eigenvalue weighted by atomic mass is 9.93. The maximum atomic E-state index is 11.9. The third-order valence-electron chi connectivity index (χ3n) is 17.7. The van der Waals surface area contributed by atoms with Crippen LogP contribution in [0.4, 0.5) is 0 Å². The van der Waals surface area contributed by atoms with Gasteiger partial charge < -0.3 is 11.5 Å². The highest BCUT2D eigenvalue weighted by Gasteiger charge is 2.15. The quantitative estimate of drug-likeness (QED) is 0.0470. The van der Waals surface area contributed by atoms with Gasteiger partial charge in [-0.1, -0.05) is 386 Å². The van der Waals surface area contributed by atoms with E-state index in [-0.39, 0.29) is 23.7 Å². The van der Waals surface area contributed by atoms with Gasteiger partial charge in [0.15, 0.2) is 0 Å². The molecule has 0 saturated carbocycles. The first kappa shape index (κ1) is 80.5. The van der Waals surface area contributed by atoms with Crippen LogP contribution >= 0.6 is 0 Å². The highest BCUT2D eigenvalue weighted by atomic mass is 16.1. The van der Waals surface area contributed by atoms with Crippen molar-refractivity contribution in [1.29, 1.82) is 0 Å². The van der Waals surface area contributed by atoms with Crippen LogP contribution in [0, 0.1) is 11.8 Å². The largest absolute Gasteiger partial charge is 0.369 e. The molecule has 4 heteroatoms. The lowest BCUT2D eigenvalue weighted by Crippen LogP contribution is -2.23. The van der Waals surface area contributed by atoms with Crippen LogP contribution in [0.3, 0.4) is 0 Å². The van der Waals surface area contributed by atoms with Crippen molar-refractivity contribution >= 4 is 11.8 Å². The molecule has 0 aliphatic rings. The summed E-state index contributed by atoms with van der Waals surface area (Å²) in [7, 11) is 0. The van der Waals surface area contributed by atoms with Gasteiger partial charge in [0.05, 0.1) is 0 Å². The first-order valence-electron chi connectivity index (χ1n) is 37.3. The number of amides is 2. The van der Waals surface area contributed by atoms with Crippen molar-refractivity contribution in [3.8, 4) is 0 Å². The summed E-state index contributed by atoms with van der Waals surface area (Å²) < 4.78 is 0. The SMILES string of the molecule is CCCCCCCC/C=C/CCCCCCC(CCCCCCCCCCCCCCCCCC)C(N)=O.CCCCCCCC/C=C/CCCCCCCCCCC(CCCCCCCCCCCCCCCCCC)C(N)=O. The average molecular weight is 1120 g/mol. The van der Waals surface area contributed by atoms with Crippen LogP contribution in [-0.4, -0.2) is 11.8 Å². The number of hydrogen-bond acceptors (Lipinski definition) is 2. The maximum absolute atomic E-state index is 11.9. The highest BCUT2D eigenvalue weighted by Crippen LogP contribution is 2.23. The lowest BCUT2D eigenvalue weighted by Gasteiger charge is -2.13. The lowest BCUT2D eigenvalue weighted by molar-refractivity contribution is -0.123. The maximum Gasteiger partial charge on any atom is 0.220 e. The van der Waals surface area contributed by atoms with Gasteiger partial charge in [-0.3, -0.25) is 9.59 Å². The van der Waals surface area contributed by atoms with E-state index in [0.717, 1.165) is 32.1 Å². The van der Waals surface area contributed by atoms with Crippen LogP contribution in [0.1, 0.15) is 439 Å². The molecule has 0 aromatic carbocycles. The van der Waals surface area contributed by atoms with E-state index in [1.54, 1.807) is 0 Å². The molecule has 0 heterocycles. The van der Waals surface area contributed by atoms with E-state index in [4.69, 9.17) is 11.5 Å². The second kappa shape index (κ2) is 73.5. The van der Waals surface area contributed by atoms with Crippen LogP contribution in [-0.2, 0) is 9.59 Å². The normalized spacial score (nSPS) is 12.4. The fourth-order valence-corrected chi connectivity index (χ4v) is 12.0. The Morgan fingerprint density at radius 3 is 0.475 bits per heavy atom. The predicted octanol–water partition coefficient (Wildman–Crippen LogP) is 26.3. The molecule has 0 rings (SSSR count). The van der Waals surface area contributed by atoms with Crippen molar-refractivity contribution in [2.45, 2.75) is 439 Å². The molecule has 476 valence electrons. The Morgan fingerprint density at radius 2 is 0.338 bits per heavy atom. The van der Waals surface area contributed by atoms with E-state index in [1.165, 1.54) is 379 Å². The fraction of sp³-hybridized carbons (Fsp3) is 0.921. The zero-order valence-electron chi connectivity index (χ0n) is 55.7. The summed E-state index contributed by atoms with van der Waals surface area (Å²) in [6.07, 6.45) is 95.5. The van der Waals surface area contributed by atoms with Crippen molar-refractivity contribution in [3.63, 3.8) is 0 Å². The summed E-state index contributed by atoms with van der Waals surface area (Å²) >= 11 is 0. The van der Waals surface area contributed by atoms with Crippen molar-refractivity contribution in [2.75, 3.05) is 0 Å². The van der Waals surface area contributed by atoms with E-state index in [9.17, 15) is 9.59 Å². The summed E-state index contributed by atoms with van der Waals surface area (Å²) in [6.45, 7) is 9.15. The molecule has 0 radical (unpaired) electrons. The molecular formula is C76H150N2O2. The minimum atomic E-state index is -0.0661. The van der Waals surface area contributed by atoms with E-state index >= 15 is 0 Å². The highest BCUT2D eigenvalue weighted by molar-refractivity contribution is 5.76. The molecular weight excluding hydrogens is 973 g/mol. The van der Waals surface area contributed by atoms with Gasteiger partial charge in [-0.25, -0.2) is 0 Å². The molecule has 2 unspecified atom stereocenters. The molecule has 0 aromatic heterocycles. The summed E-state index contributed by atoms with van der Waals surface area (Å²) in [4.78, 5) is 23.8. The van der Waals surface area contributed by atoms with Crippen LogP contribution in [0.2, 0.25) is 0 Å². The first-order chi connectivity index (χ1) is 39.4. The molecule has 0 spiro atoms. The van der Waals surface area contributed by atoms with Crippen molar-refractivity contribution in [3.05, 3.63) is 24.3 Å². The summed E-state index contributed by atoms with van der Waals surface area (Å²) in [5, 5.41) is 0. The Balaban J connectivity index is 0. The van der Waals surface area contributed by atoms with Gasteiger partial charge in [-0.05, 0) is 77.0 Å². The molecule has 0 aromatic rings. The molecule has 2 atom stereocenters. The Kier molecular flexibility index (Phi) is 74.0. The van der Waals surface area contributed by atoms with Crippen LogP contribution < -0.4 is 11.5 Å². The van der Waals surface area contributed by atoms with Gasteiger partial charge in [0.25, 0.3) is 0 Å². The number of carbonyl (C=O) groups excluding carboxylic acids is 2. The number of hydrogen-bond donors (Lipinski definition) is 2. The molecule has 4 nitrogen and oxygen atoms in total. The zero-order valence-corrected chi connectivity index (χ0v) is 55.7. The standard InChI is InChI=1S/C40H79NO.C36H71NO/c1-3-5-7-9-11-13-15-17-19-21-22-24-26-28-30-32-34-36-38-39(40(41)42)37-35-33-31-29-27-25-23-20-18-16-14-12-10-8-6-4-2;1-3-5-7-9-11-13-15-17-19-20-22-24-26-28-30-32-34-35(36(37)38)33-31-29-27-25-23-21-18-16-14-12-10-8-6-4-2/h17,19,39H,3-16,18,20-38H2,1-2H3,(H2,41,42);18,21,35H,3-17,19-20,22-34H2,1-2H3,(H2,37,38)/b19-17+;21-18+. The molecule has 0 saturated heterocycles. The first-order valence-corrected chi connectivity index (χ1v) is 37.3. The monoisotopic (exact) mass is 1120 g/mol. The number of primary amides is 2. The number of carbonyl (C=O) groups is 2. The topological polar surface area (TPSA) is 86.2 Å². The van der Waals surface area contributed by atoms with E-state index < -0.39 is 0 Å². The molecule has 0 bridgehead atoms. The van der Waals surface area contributed by atoms with Crippen molar-refractivity contribution in [2.24, 2.45) is 23.3 Å². The van der Waals surface area contributed by atoms with E-state index in [1.807, 2.05) is 0 Å². The third-order valence-corrected chi connectivity index (χ3v) is 17.7. The summed E-state index contributed by atoms with van der Waals surface area (Å²) in [6, 6.07) is 0. The minimum absolute atomic E-state index is 0.0583. The van der Waals surface area contributed by atoms with Gasteiger partial charge in [-0.2, -0.15) is 0 Å². The molecule has 2 amide bonds. The Labute approximate surface area is 505 Å². The molecule has 0 aliphatic heterocycles. The Morgan fingerprint density at radius 1 is 0.212 bits per heavy atom. The van der Waals surface area contributed by atoms with Gasteiger partial charge in [0.1, 0.15) is 0 Å². The zero-order chi connectivity index (χ0) is 58.4. The number of unbranched alkanes of at least 4 members (excludes halogenated alkanes) is 54. The van der Waals surface area contributed by atoms with Crippen LogP contribution in [0.5, 0.6) is 0 Å². The van der Waals surface area contributed by atoms with Crippen LogP contribution in [0.25, 0.3) is 0 Å². The minimum Gasteiger partial charge on any atom is -0.369 e. The predicted molar refractivity (Wildman–Crippen MR) is 362 cm³/mol. The summed E-state index contributed by atoms with van der Waals surface area (Å²) in [5.74, 6) is 0.102. The van der Waals surface area contributed by atoms with Gasteiger partial charge in [0, 0.05) is 11.8 Å². The van der Waals surface area contributed by atoms with E-state index in [2.05, 4.69) is 52.0 Å². The number of nitrogens with two attached hydrogens (primary N) is 2. The molecule has 4 N–H and O–H groups in total. The third kappa shape index (κ3) is 70.7. The van der Waals surface area contributed by atoms with E-state index in [0.29, 0.717) is 0 Å². The van der Waals surface area contributed by atoms with Crippen molar-refractivity contribution in [1.82, 2.24) is 0 Å².